The van der Waals surface area contributed by atoms with E-state index in [0.717, 1.165) is 27.9 Å². The third kappa shape index (κ3) is 3.08. The summed E-state index contributed by atoms with van der Waals surface area (Å²) in [5, 5.41) is 14.4. The summed E-state index contributed by atoms with van der Waals surface area (Å²) >= 11 is 2.24. The highest BCUT2D eigenvalue weighted by atomic mass is 127. The second-order valence-electron chi connectivity index (χ2n) is 4.14. The molecule has 4 nitrogen and oxygen atoms in total. The Labute approximate surface area is 120 Å². The number of hydrogen-bond donors (Lipinski definition) is 1. The number of aryl methyl sites for hydroxylation is 1. The summed E-state index contributed by atoms with van der Waals surface area (Å²) < 4.78 is 2.93. The van der Waals surface area contributed by atoms with Crippen LogP contribution in [0.1, 0.15) is 30.8 Å². The Hall–Kier alpha value is -0.950. The molecule has 18 heavy (non-hydrogen) atoms. The Kier molecular flexibility index (Phi) is 4.71. The lowest BCUT2D eigenvalue weighted by atomic mass is 10.1. The van der Waals surface area contributed by atoms with Crippen LogP contribution in [-0.4, -0.2) is 19.9 Å². The summed E-state index contributed by atoms with van der Waals surface area (Å²) in [5.41, 5.74) is 0.948. The van der Waals surface area contributed by atoms with Crippen molar-refractivity contribution < 1.29 is 5.11 Å². The van der Waals surface area contributed by atoms with Gasteiger partial charge in [0.25, 0.3) is 0 Å². The molecule has 0 bridgehead atoms. The van der Waals surface area contributed by atoms with E-state index in [0.29, 0.717) is 6.42 Å². The Morgan fingerprint density at radius 1 is 1.39 bits per heavy atom. The van der Waals surface area contributed by atoms with Gasteiger partial charge in [-0.05, 0) is 40.6 Å². The van der Waals surface area contributed by atoms with Crippen molar-refractivity contribution in [1.29, 1.82) is 0 Å². The first-order valence-electron chi connectivity index (χ1n) is 6.01. The molecule has 1 unspecified atom stereocenters. The molecule has 0 aliphatic heterocycles. The molecule has 1 heterocycles. The normalized spacial score (nSPS) is 12.6. The van der Waals surface area contributed by atoms with E-state index >= 15 is 0 Å². The van der Waals surface area contributed by atoms with Gasteiger partial charge in [0, 0.05) is 16.5 Å². The zero-order valence-electron chi connectivity index (χ0n) is 10.3. The number of benzene rings is 1. The van der Waals surface area contributed by atoms with Gasteiger partial charge in [0.1, 0.15) is 12.2 Å². The van der Waals surface area contributed by atoms with Crippen molar-refractivity contribution in [3.8, 4) is 0 Å². The van der Waals surface area contributed by atoms with Crippen molar-refractivity contribution in [3.63, 3.8) is 0 Å². The van der Waals surface area contributed by atoms with Crippen LogP contribution in [0.25, 0.3) is 0 Å². The van der Waals surface area contributed by atoms with E-state index in [1.165, 1.54) is 0 Å². The summed E-state index contributed by atoms with van der Waals surface area (Å²) in [6.45, 7) is 2.94. The fraction of sp³-hybridized carbons (Fsp3) is 0.385. The molecule has 5 heteroatoms. The standard InChI is InChI=1S/C13H16IN3O/c1-2-7-17-13(15-9-16-17)8-12(18)10-5-3-4-6-11(10)14/h3-6,9,12,18H,2,7-8H2,1H3. The topological polar surface area (TPSA) is 50.9 Å². The average molecular weight is 357 g/mol. The van der Waals surface area contributed by atoms with E-state index in [-0.39, 0.29) is 0 Å². The van der Waals surface area contributed by atoms with Gasteiger partial charge >= 0.3 is 0 Å². The fourth-order valence-corrected chi connectivity index (χ4v) is 2.62. The van der Waals surface area contributed by atoms with Gasteiger partial charge in [-0.2, -0.15) is 5.10 Å². The number of aliphatic hydroxyl groups is 1. The Bertz CT molecular complexity index is 512. The van der Waals surface area contributed by atoms with E-state index in [2.05, 4.69) is 39.6 Å². The molecule has 0 aliphatic rings. The largest absolute Gasteiger partial charge is 0.388 e. The average Bonchev–Trinajstić information content (AvgIpc) is 2.78. The minimum absolute atomic E-state index is 0.500. The SMILES string of the molecule is CCCn1ncnc1CC(O)c1ccccc1I. The van der Waals surface area contributed by atoms with Gasteiger partial charge in [-0.15, -0.1) is 0 Å². The predicted octanol–water partition coefficient (Wildman–Crippen LogP) is 2.57. The number of nitrogens with zero attached hydrogens (tertiary/aromatic N) is 3. The molecule has 0 spiro atoms. The number of aromatic nitrogens is 3. The Morgan fingerprint density at radius 2 is 2.17 bits per heavy atom. The van der Waals surface area contributed by atoms with Gasteiger partial charge in [0.2, 0.25) is 0 Å². The highest BCUT2D eigenvalue weighted by Crippen LogP contribution is 2.22. The molecule has 0 saturated carbocycles. The van der Waals surface area contributed by atoms with Crippen molar-refractivity contribution in [1.82, 2.24) is 14.8 Å². The van der Waals surface area contributed by atoms with Crippen LogP contribution in [0.4, 0.5) is 0 Å². The molecule has 0 aliphatic carbocycles. The van der Waals surface area contributed by atoms with Crippen LogP contribution < -0.4 is 0 Å². The number of halogens is 1. The minimum Gasteiger partial charge on any atom is -0.388 e. The van der Waals surface area contributed by atoms with Crippen molar-refractivity contribution in [2.45, 2.75) is 32.4 Å². The lowest BCUT2D eigenvalue weighted by molar-refractivity contribution is 0.173. The van der Waals surface area contributed by atoms with Crippen LogP contribution in [0.3, 0.4) is 0 Å². The molecular formula is C13H16IN3O. The predicted molar refractivity (Wildman–Crippen MR) is 78.1 cm³/mol. The number of hydrogen-bond acceptors (Lipinski definition) is 3. The zero-order chi connectivity index (χ0) is 13.0. The quantitative estimate of drug-likeness (QED) is 0.837. The lowest BCUT2D eigenvalue weighted by Gasteiger charge is -2.13. The second kappa shape index (κ2) is 6.29. The van der Waals surface area contributed by atoms with Gasteiger partial charge < -0.3 is 5.11 Å². The summed E-state index contributed by atoms with van der Waals surface area (Å²) in [4.78, 5) is 4.22. The molecule has 1 aromatic carbocycles. The number of aliphatic hydroxyl groups excluding tert-OH is 1. The lowest BCUT2D eigenvalue weighted by Crippen LogP contribution is -2.11. The van der Waals surface area contributed by atoms with E-state index in [9.17, 15) is 5.11 Å². The molecule has 96 valence electrons. The fourth-order valence-electron chi connectivity index (χ4n) is 1.87. The van der Waals surface area contributed by atoms with Gasteiger partial charge in [-0.25, -0.2) is 4.98 Å². The van der Waals surface area contributed by atoms with Crippen molar-refractivity contribution in [2.75, 3.05) is 0 Å². The first-order chi connectivity index (χ1) is 8.72. The summed E-state index contributed by atoms with van der Waals surface area (Å²) in [7, 11) is 0. The molecule has 2 aromatic rings. The highest BCUT2D eigenvalue weighted by Gasteiger charge is 2.14. The van der Waals surface area contributed by atoms with Gasteiger partial charge in [0.05, 0.1) is 6.10 Å². The molecular weight excluding hydrogens is 341 g/mol. The molecule has 1 aromatic heterocycles. The third-order valence-electron chi connectivity index (χ3n) is 2.77. The zero-order valence-corrected chi connectivity index (χ0v) is 12.4. The summed E-state index contributed by atoms with van der Waals surface area (Å²) in [6, 6.07) is 7.86. The van der Waals surface area contributed by atoms with E-state index in [1.807, 2.05) is 28.9 Å². The summed E-state index contributed by atoms with van der Waals surface area (Å²) in [5.74, 6) is 0.837. The van der Waals surface area contributed by atoms with Crippen LogP contribution in [0, 0.1) is 3.57 Å². The van der Waals surface area contributed by atoms with Gasteiger partial charge in [-0.3, -0.25) is 4.68 Å². The molecule has 0 fully saturated rings. The highest BCUT2D eigenvalue weighted by molar-refractivity contribution is 14.1. The first kappa shape index (κ1) is 13.5. The maximum atomic E-state index is 10.3. The van der Waals surface area contributed by atoms with Crippen molar-refractivity contribution >= 4 is 22.6 Å². The molecule has 0 radical (unpaired) electrons. The summed E-state index contributed by atoms with van der Waals surface area (Å²) in [6.07, 6.45) is 2.53. The van der Waals surface area contributed by atoms with Crippen LogP contribution in [0.5, 0.6) is 0 Å². The monoisotopic (exact) mass is 357 g/mol. The third-order valence-corrected chi connectivity index (χ3v) is 3.75. The van der Waals surface area contributed by atoms with E-state index in [1.54, 1.807) is 6.33 Å². The smallest absolute Gasteiger partial charge is 0.138 e. The molecule has 0 saturated heterocycles. The van der Waals surface area contributed by atoms with Gasteiger partial charge in [0.15, 0.2) is 0 Å². The van der Waals surface area contributed by atoms with E-state index < -0.39 is 6.10 Å². The van der Waals surface area contributed by atoms with Gasteiger partial charge in [-0.1, -0.05) is 25.1 Å². The van der Waals surface area contributed by atoms with Crippen molar-refractivity contribution in [3.05, 3.63) is 45.6 Å². The van der Waals surface area contributed by atoms with Crippen LogP contribution in [-0.2, 0) is 13.0 Å². The Balaban J connectivity index is 2.14. The second-order valence-corrected chi connectivity index (χ2v) is 5.30. The maximum Gasteiger partial charge on any atom is 0.138 e. The van der Waals surface area contributed by atoms with Crippen LogP contribution in [0.15, 0.2) is 30.6 Å². The first-order valence-corrected chi connectivity index (χ1v) is 7.09. The number of rotatable bonds is 5. The molecule has 0 amide bonds. The van der Waals surface area contributed by atoms with Crippen molar-refractivity contribution in [2.24, 2.45) is 0 Å². The molecule has 2 rings (SSSR count). The maximum absolute atomic E-state index is 10.3. The van der Waals surface area contributed by atoms with E-state index in [4.69, 9.17) is 0 Å². The Morgan fingerprint density at radius 3 is 2.89 bits per heavy atom. The minimum atomic E-state index is -0.530. The van der Waals surface area contributed by atoms with Crippen LogP contribution in [0.2, 0.25) is 0 Å². The molecule has 1 N–H and O–H groups in total. The molecule has 1 atom stereocenters. The van der Waals surface area contributed by atoms with Crippen LogP contribution >= 0.6 is 22.6 Å².